The van der Waals surface area contributed by atoms with Crippen molar-refractivity contribution in [3.05, 3.63) is 65.2 Å². The molecule has 0 aliphatic carbocycles. The van der Waals surface area contributed by atoms with Gasteiger partial charge in [-0.05, 0) is 55.3 Å². The summed E-state index contributed by atoms with van der Waals surface area (Å²) in [4.78, 5) is 34.8. The van der Waals surface area contributed by atoms with E-state index in [-0.39, 0.29) is 24.1 Å². The van der Waals surface area contributed by atoms with E-state index in [2.05, 4.69) is 16.0 Å². The summed E-state index contributed by atoms with van der Waals surface area (Å²) in [5.74, 6) is -1.14. The number of urea groups is 1. The van der Waals surface area contributed by atoms with Crippen LogP contribution in [0.4, 0.5) is 10.5 Å². The van der Waals surface area contributed by atoms with Gasteiger partial charge in [0, 0.05) is 23.8 Å². The summed E-state index contributed by atoms with van der Waals surface area (Å²) in [6.07, 6.45) is 0.852. The second kappa shape index (κ2) is 9.38. The number of hydrogen-bond donors (Lipinski definition) is 4. The molecule has 0 radical (unpaired) electrons. The van der Waals surface area contributed by atoms with Gasteiger partial charge < -0.3 is 21.1 Å². The van der Waals surface area contributed by atoms with Crippen LogP contribution in [0.3, 0.4) is 0 Å². The van der Waals surface area contributed by atoms with Crippen molar-refractivity contribution in [1.29, 1.82) is 0 Å². The molecule has 0 heterocycles. The first kappa shape index (κ1) is 20.0. The van der Waals surface area contributed by atoms with Crippen molar-refractivity contribution in [1.82, 2.24) is 10.6 Å². The number of aromatic carboxylic acids is 1. The van der Waals surface area contributed by atoms with Crippen LogP contribution in [0.15, 0.2) is 48.5 Å². The molecule has 2 aromatic rings. The maximum Gasteiger partial charge on any atom is 0.335 e. The second-order valence-electron chi connectivity index (χ2n) is 6.17. The van der Waals surface area contributed by atoms with E-state index in [0.29, 0.717) is 11.3 Å². The monoisotopic (exact) mass is 369 g/mol. The quantitative estimate of drug-likeness (QED) is 0.601. The van der Waals surface area contributed by atoms with Gasteiger partial charge in [0.05, 0.1) is 5.56 Å². The third-order valence-electron chi connectivity index (χ3n) is 4.05. The fourth-order valence-electron chi connectivity index (χ4n) is 2.24. The number of anilines is 1. The van der Waals surface area contributed by atoms with Crippen LogP contribution in [0.5, 0.6) is 0 Å². The van der Waals surface area contributed by atoms with Gasteiger partial charge >= 0.3 is 12.0 Å². The number of carboxylic acid groups (broad SMARTS) is 1. The van der Waals surface area contributed by atoms with Crippen molar-refractivity contribution in [2.75, 3.05) is 5.32 Å². The van der Waals surface area contributed by atoms with Gasteiger partial charge in [0.15, 0.2) is 0 Å². The molecule has 0 fully saturated rings. The highest BCUT2D eigenvalue weighted by atomic mass is 16.4. The Kier molecular flexibility index (Phi) is 6.93. The molecular weight excluding hydrogens is 346 g/mol. The van der Waals surface area contributed by atoms with E-state index in [4.69, 9.17) is 5.11 Å². The first-order valence-electron chi connectivity index (χ1n) is 8.67. The number of carboxylic acids is 1. The zero-order chi connectivity index (χ0) is 19.8. The normalized spacial score (nSPS) is 11.3. The topological polar surface area (TPSA) is 108 Å². The van der Waals surface area contributed by atoms with Gasteiger partial charge in [0.25, 0.3) is 5.91 Å². The van der Waals surface area contributed by atoms with Crippen LogP contribution in [0.1, 0.15) is 46.5 Å². The molecule has 0 aromatic heterocycles. The molecule has 0 saturated carbocycles. The number of hydrogen-bond acceptors (Lipinski definition) is 3. The summed E-state index contributed by atoms with van der Waals surface area (Å²) >= 11 is 0. The van der Waals surface area contributed by atoms with E-state index in [1.165, 1.54) is 12.1 Å². The average molecular weight is 369 g/mol. The number of carbonyl (C=O) groups excluding carboxylic acids is 2. The summed E-state index contributed by atoms with van der Waals surface area (Å²) in [5.41, 5.74) is 2.07. The smallest absolute Gasteiger partial charge is 0.335 e. The van der Waals surface area contributed by atoms with Crippen LogP contribution in [-0.4, -0.2) is 29.1 Å². The molecule has 2 aromatic carbocycles. The van der Waals surface area contributed by atoms with Crippen molar-refractivity contribution < 1.29 is 19.5 Å². The molecule has 0 spiro atoms. The largest absolute Gasteiger partial charge is 0.478 e. The Balaban J connectivity index is 1.84. The number of rotatable bonds is 7. The molecule has 7 nitrogen and oxygen atoms in total. The molecule has 0 aliphatic rings. The van der Waals surface area contributed by atoms with Gasteiger partial charge in [0.2, 0.25) is 0 Å². The van der Waals surface area contributed by atoms with E-state index in [0.717, 1.165) is 12.0 Å². The van der Waals surface area contributed by atoms with Crippen molar-refractivity contribution in [3.63, 3.8) is 0 Å². The molecule has 0 aliphatic heterocycles. The molecule has 7 heteroatoms. The molecule has 0 bridgehead atoms. The lowest BCUT2D eigenvalue weighted by Gasteiger charge is -2.12. The lowest BCUT2D eigenvalue weighted by atomic mass is 10.1. The lowest BCUT2D eigenvalue weighted by molar-refractivity contribution is 0.0696. The number of nitrogens with one attached hydrogen (secondary N) is 3. The van der Waals surface area contributed by atoms with E-state index in [1.54, 1.807) is 36.4 Å². The summed E-state index contributed by atoms with van der Waals surface area (Å²) < 4.78 is 0. The van der Waals surface area contributed by atoms with Crippen molar-refractivity contribution in [2.24, 2.45) is 0 Å². The Labute approximate surface area is 157 Å². The minimum Gasteiger partial charge on any atom is -0.478 e. The predicted octanol–water partition coefficient (Wildman–Crippen LogP) is 3.23. The molecule has 0 saturated heterocycles. The first-order valence-corrected chi connectivity index (χ1v) is 8.67. The molecule has 3 amide bonds. The second-order valence-corrected chi connectivity index (χ2v) is 6.17. The Morgan fingerprint density at radius 3 is 2.11 bits per heavy atom. The molecule has 2 rings (SSSR count). The van der Waals surface area contributed by atoms with Crippen LogP contribution >= 0.6 is 0 Å². The molecule has 1 atom stereocenters. The zero-order valence-electron chi connectivity index (χ0n) is 15.3. The minimum atomic E-state index is -0.992. The summed E-state index contributed by atoms with van der Waals surface area (Å²) in [6, 6.07) is 12.6. The fourth-order valence-corrected chi connectivity index (χ4v) is 2.24. The van der Waals surface area contributed by atoms with Crippen LogP contribution < -0.4 is 16.0 Å². The summed E-state index contributed by atoms with van der Waals surface area (Å²) in [7, 11) is 0. The van der Waals surface area contributed by atoms with Crippen LogP contribution in [-0.2, 0) is 6.54 Å². The van der Waals surface area contributed by atoms with Crippen LogP contribution in [0.2, 0.25) is 0 Å². The first-order chi connectivity index (χ1) is 12.9. The van der Waals surface area contributed by atoms with E-state index < -0.39 is 12.0 Å². The molecule has 4 N–H and O–H groups in total. The molecule has 27 heavy (non-hydrogen) atoms. The molecular formula is C20H23N3O4. The maximum atomic E-state index is 12.0. The SMILES string of the molecule is CCC(C)NC(=O)c1ccc(NC(=O)NCc2ccc(C(=O)O)cc2)cc1. The zero-order valence-corrected chi connectivity index (χ0v) is 15.3. The van der Waals surface area contributed by atoms with E-state index in [9.17, 15) is 14.4 Å². The lowest BCUT2D eigenvalue weighted by Crippen LogP contribution is -2.32. The molecule has 1 unspecified atom stereocenters. The highest BCUT2D eigenvalue weighted by Gasteiger charge is 2.09. The fraction of sp³-hybridized carbons (Fsp3) is 0.250. The van der Waals surface area contributed by atoms with Gasteiger partial charge in [-0.1, -0.05) is 19.1 Å². The molecule has 142 valence electrons. The van der Waals surface area contributed by atoms with Crippen molar-refractivity contribution in [2.45, 2.75) is 32.9 Å². The highest BCUT2D eigenvalue weighted by molar-refractivity contribution is 5.95. The number of benzene rings is 2. The summed E-state index contributed by atoms with van der Waals surface area (Å²) in [5, 5.41) is 17.1. The standard InChI is InChI=1S/C20H23N3O4/c1-3-13(2)22-18(24)15-8-10-17(11-9-15)23-20(27)21-12-14-4-6-16(7-5-14)19(25)26/h4-11,13H,3,12H2,1-2H3,(H,22,24)(H,25,26)(H2,21,23,27). The van der Waals surface area contributed by atoms with E-state index >= 15 is 0 Å². The van der Waals surface area contributed by atoms with Crippen LogP contribution in [0.25, 0.3) is 0 Å². The third kappa shape index (κ3) is 6.14. The van der Waals surface area contributed by atoms with Gasteiger partial charge in [-0.25, -0.2) is 9.59 Å². The van der Waals surface area contributed by atoms with Crippen molar-refractivity contribution >= 4 is 23.6 Å². The van der Waals surface area contributed by atoms with E-state index in [1.807, 2.05) is 13.8 Å². The Bertz CT molecular complexity index is 801. The minimum absolute atomic E-state index is 0.102. The maximum absolute atomic E-state index is 12.0. The third-order valence-corrected chi connectivity index (χ3v) is 4.05. The average Bonchev–Trinajstić information content (AvgIpc) is 2.67. The summed E-state index contributed by atoms with van der Waals surface area (Å²) in [6.45, 7) is 4.20. The Morgan fingerprint density at radius 1 is 0.963 bits per heavy atom. The van der Waals surface area contributed by atoms with Gasteiger partial charge in [-0.15, -0.1) is 0 Å². The van der Waals surface area contributed by atoms with Gasteiger partial charge in [0.1, 0.15) is 0 Å². The van der Waals surface area contributed by atoms with Crippen LogP contribution in [0, 0.1) is 0 Å². The van der Waals surface area contributed by atoms with Gasteiger partial charge in [-0.3, -0.25) is 4.79 Å². The van der Waals surface area contributed by atoms with Crippen molar-refractivity contribution in [3.8, 4) is 0 Å². The Morgan fingerprint density at radius 2 is 1.56 bits per heavy atom. The Hall–Kier alpha value is -3.35. The number of carbonyl (C=O) groups is 3. The highest BCUT2D eigenvalue weighted by Crippen LogP contribution is 2.10. The number of amides is 3. The predicted molar refractivity (Wildman–Crippen MR) is 103 cm³/mol. The van der Waals surface area contributed by atoms with Gasteiger partial charge in [-0.2, -0.15) is 0 Å².